The van der Waals surface area contributed by atoms with Gasteiger partial charge in [-0.1, -0.05) is 6.07 Å². The number of carbonyl (C=O) groups is 2. The summed E-state index contributed by atoms with van der Waals surface area (Å²) in [5, 5.41) is 10.8. The van der Waals surface area contributed by atoms with Gasteiger partial charge < -0.3 is 18.9 Å². The molecular weight excluding hydrogens is 458 g/mol. The maximum absolute atomic E-state index is 14.7. The van der Waals surface area contributed by atoms with Crippen LogP contribution in [0.4, 0.5) is 24.1 Å². The van der Waals surface area contributed by atoms with E-state index in [1.165, 1.54) is 12.1 Å². The molecule has 0 aliphatic carbocycles. The Kier molecular flexibility index (Phi) is 6.98. The molecule has 12 heteroatoms. The lowest BCUT2D eigenvalue weighted by Gasteiger charge is -2.26. The van der Waals surface area contributed by atoms with Gasteiger partial charge in [0.05, 0.1) is 11.5 Å². The Morgan fingerprint density at radius 2 is 1.94 bits per heavy atom. The van der Waals surface area contributed by atoms with Gasteiger partial charge in [0.1, 0.15) is 23.4 Å². The van der Waals surface area contributed by atoms with Crippen LogP contribution in [0.25, 0.3) is 0 Å². The van der Waals surface area contributed by atoms with E-state index in [2.05, 4.69) is 0 Å². The van der Waals surface area contributed by atoms with Gasteiger partial charge in [0.2, 0.25) is 0 Å². The van der Waals surface area contributed by atoms with E-state index in [1.807, 2.05) is 0 Å². The first kappa shape index (κ1) is 23.5. The number of nitro benzene ring substituents is 1. The molecular formula is C22H20F2N2O8. The van der Waals surface area contributed by atoms with Crippen molar-refractivity contribution >= 4 is 17.9 Å². The highest BCUT2D eigenvalue weighted by atomic mass is 19.1. The highest BCUT2D eigenvalue weighted by Gasteiger charge is 2.49. The Morgan fingerprint density at radius 1 is 1.18 bits per heavy atom. The zero-order valence-electron chi connectivity index (χ0n) is 17.7. The monoisotopic (exact) mass is 478 g/mol. The number of non-ortho nitro benzene ring substituents is 1. The van der Waals surface area contributed by atoms with Gasteiger partial charge in [0.25, 0.3) is 5.69 Å². The fourth-order valence-corrected chi connectivity index (χ4v) is 3.76. The second-order valence-corrected chi connectivity index (χ2v) is 7.65. The van der Waals surface area contributed by atoms with Gasteiger partial charge in [-0.25, -0.2) is 23.3 Å². The van der Waals surface area contributed by atoms with Gasteiger partial charge in [-0.15, -0.1) is 0 Å². The van der Waals surface area contributed by atoms with Crippen molar-refractivity contribution in [2.24, 2.45) is 0 Å². The fourth-order valence-electron chi connectivity index (χ4n) is 3.76. The largest absolute Gasteiger partial charge is 0.441 e. The Bertz CT molecular complexity index is 1080. The molecule has 0 radical (unpaired) electrons. The van der Waals surface area contributed by atoms with E-state index in [4.69, 9.17) is 18.9 Å². The molecule has 2 fully saturated rings. The van der Waals surface area contributed by atoms with Crippen LogP contribution >= 0.6 is 0 Å². The van der Waals surface area contributed by atoms with Crippen molar-refractivity contribution in [1.29, 1.82) is 0 Å². The van der Waals surface area contributed by atoms with E-state index in [-0.39, 0.29) is 23.6 Å². The number of hydrogen-bond donors (Lipinski definition) is 0. The van der Waals surface area contributed by atoms with Gasteiger partial charge in [0.15, 0.2) is 12.4 Å². The van der Waals surface area contributed by atoms with E-state index in [9.17, 15) is 28.5 Å². The molecule has 34 heavy (non-hydrogen) atoms. The van der Waals surface area contributed by atoms with Crippen LogP contribution in [0.3, 0.4) is 0 Å². The molecule has 0 bridgehead atoms. The quantitative estimate of drug-likeness (QED) is 0.441. The number of carbonyl (C=O) groups excluding carboxylic acids is 2. The normalized spacial score (nSPS) is 22.4. The second kappa shape index (κ2) is 10.1. The number of cyclic esters (lactones) is 1. The molecule has 0 saturated carbocycles. The second-order valence-electron chi connectivity index (χ2n) is 7.65. The van der Waals surface area contributed by atoms with Gasteiger partial charge >= 0.3 is 12.2 Å². The van der Waals surface area contributed by atoms with Crippen molar-refractivity contribution in [2.45, 2.75) is 37.7 Å². The van der Waals surface area contributed by atoms with Crippen molar-refractivity contribution < 1.29 is 42.2 Å². The molecule has 2 aromatic carbocycles. The summed E-state index contributed by atoms with van der Waals surface area (Å²) in [5.41, 5.74) is -0.403. The number of benzene rings is 2. The summed E-state index contributed by atoms with van der Waals surface area (Å²) >= 11 is 0. The molecule has 2 amide bonds. The summed E-state index contributed by atoms with van der Waals surface area (Å²) in [7, 11) is 0. The molecule has 2 heterocycles. The van der Waals surface area contributed by atoms with Gasteiger partial charge in [-0.3, -0.25) is 10.1 Å². The topological polar surface area (TPSA) is 117 Å². The third-order valence-corrected chi connectivity index (χ3v) is 5.39. The summed E-state index contributed by atoms with van der Waals surface area (Å²) < 4.78 is 49.8. The maximum atomic E-state index is 14.7. The molecule has 2 aromatic rings. The van der Waals surface area contributed by atoms with Crippen molar-refractivity contribution in [3.8, 4) is 5.75 Å². The lowest BCUT2D eigenvalue weighted by molar-refractivity contribution is -0.384. The van der Waals surface area contributed by atoms with Crippen LogP contribution in [0.15, 0.2) is 42.5 Å². The highest BCUT2D eigenvalue weighted by molar-refractivity contribution is 5.91. The fraction of sp³-hybridized carbons (Fsp3) is 0.364. The first-order chi connectivity index (χ1) is 16.3. The van der Waals surface area contributed by atoms with Crippen LogP contribution in [-0.4, -0.2) is 47.6 Å². The van der Waals surface area contributed by atoms with Crippen LogP contribution < -0.4 is 4.74 Å². The van der Waals surface area contributed by atoms with Crippen LogP contribution in [-0.2, 0) is 14.2 Å². The molecule has 10 nitrogen and oxygen atoms in total. The average molecular weight is 478 g/mol. The standard InChI is InChI=1S/C22H20F2N2O8/c23-13-4-9-16(17(24)11-13)20-18(12-32-19-3-1-2-10-31-19)34-22(28)25(20)21(27)33-15-7-5-14(6-8-15)26(29)30/h4-9,11,18-20H,1-3,10,12H2/t18-,19?,20-/m0/s1. The van der Waals surface area contributed by atoms with Crippen molar-refractivity contribution in [3.63, 3.8) is 0 Å². The molecule has 1 unspecified atom stereocenters. The number of hydrogen-bond acceptors (Lipinski definition) is 8. The van der Waals surface area contributed by atoms with E-state index >= 15 is 0 Å². The Labute approximate surface area is 192 Å². The van der Waals surface area contributed by atoms with Gasteiger partial charge in [-0.2, -0.15) is 0 Å². The van der Waals surface area contributed by atoms with E-state index in [1.54, 1.807) is 0 Å². The minimum absolute atomic E-state index is 0.0861. The van der Waals surface area contributed by atoms with Crippen molar-refractivity contribution in [3.05, 3.63) is 69.8 Å². The molecule has 0 spiro atoms. The van der Waals surface area contributed by atoms with Gasteiger partial charge in [-0.05, 0) is 37.5 Å². The summed E-state index contributed by atoms with van der Waals surface area (Å²) in [6.07, 6.45) is -1.57. The lowest BCUT2D eigenvalue weighted by Crippen LogP contribution is -2.39. The third-order valence-electron chi connectivity index (χ3n) is 5.39. The summed E-state index contributed by atoms with van der Waals surface area (Å²) in [6.45, 7) is 0.304. The predicted molar refractivity (Wildman–Crippen MR) is 110 cm³/mol. The van der Waals surface area contributed by atoms with Crippen LogP contribution in [0.5, 0.6) is 5.75 Å². The van der Waals surface area contributed by atoms with E-state index in [0.717, 1.165) is 37.1 Å². The minimum atomic E-state index is -1.32. The van der Waals surface area contributed by atoms with Crippen molar-refractivity contribution in [2.75, 3.05) is 13.2 Å². The third kappa shape index (κ3) is 5.13. The van der Waals surface area contributed by atoms with E-state index < -0.39 is 47.2 Å². The summed E-state index contributed by atoms with van der Waals surface area (Å²) in [5.74, 6) is -1.91. The molecule has 0 N–H and O–H groups in total. The number of ether oxygens (including phenoxy) is 4. The SMILES string of the molecule is O=C(Oc1ccc([N+](=O)[O-])cc1)N1C(=O)O[C@@H](COC2CCCCO2)[C@@H]1c1ccc(F)cc1F. The molecule has 2 aliphatic heterocycles. The Balaban J connectivity index is 1.57. The van der Waals surface area contributed by atoms with E-state index in [0.29, 0.717) is 24.0 Å². The maximum Gasteiger partial charge on any atom is 0.425 e. The first-order valence-corrected chi connectivity index (χ1v) is 10.5. The summed E-state index contributed by atoms with van der Waals surface area (Å²) in [4.78, 5) is 36.2. The van der Waals surface area contributed by atoms with Crippen molar-refractivity contribution in [1.82, 2.24) is 4.90 Å². The highest BCUT2D eigenvalue weighted by Crippen LogP contribution is 2.36. The molecule has 2 aliphatic rings. The number of nitro groups is 1. The first-order valence-electron chi connectivity index (χ1n) is 10.5. The molecule has 180 valence electrons. The Hall–Kier alpha value is -3.64. The number of imide groups is 1. The smallest absolute Gasteiger partial charge is 0.425 e. The number of rotatable bonds is 6. The molecule has 3 atom stereocenters. The Morgan fingerprint density at radius 3 is 2.59 bits per heavy atom. The van der Waals surface area contributed by atoms with Crippen LogP contribution in [0.1, 0.15) is 30.9 Å². The summed E-state index contributed by atoms with van der Waals surface area (Å²) in [6, 6.07) is 5.97. The number of amides is 2. The molecule has 0 aromatic heterocycles. The van der Waals surface area contributed by atoms with Crippen LogP contribution in [0, 0.1) is 21.7 Å². The zero-order chi connectivity index (χ0) is 24.2. The number of halogens is 2. The molecule has 4 rings (SSSR count). The number of nitrogens with zero attached hydrogens (tertiary/aromatic N) is 2. The minimum Gasteiger partial charge on any atom is -0.441 e. The average Bonchev–Trinajstić information content (AvgIpc) is 3.14. The predicted octanol–water partition coefficient (Wildman–Crippen LogP) is 4.48. The zero-order valence-corrected chi connectivity index (χ0v) is 17.7. The molecule has 2 saturated heterocycles. The van der Waals surface area contributed by atoms with Crippen LogP contribution in [0.2, 0.25) is 0 Å². The van der Waals surface area contributed by atoms with Gasteiger partial charge in [0, 0.05) is 30.4 Å². The lowest BCUT2D eigenvalue weighted by atomic mass is 10.0.